The quantitative estimate of drug-likeness (QED) is 0.140. The van der Waals surface area contributed by atoms with Gasteiger partial charge in [0.1, 0.15) is 11.6 Å². The second-order valence-corrected chi connectivity index (χ2v) is 11.4. The molecular weight excluding hydrogens is 591 g/mol. The van der Waals surface area contributed by atoms with Crippen molar-refractivity contribution in [3.63, 3.8) is 0 Å². The molecule has 0 saturated heterocycles. The van der Waals surface area contributed by atoms with E-state index in [9.17, 15) is 9.18 Å². The Hall–Kier alpha value is -4.93. The van der Waals surface area contributed by atoms with E-state index in [4.69, 9.17) is 16.6 Å². The molecule has 1 aliphatic rings. The Labute approximate surface area is 264 Å². The zero-order valence-corrected chi connectivity index (χ0v) is 25.8. The van der Waals surface area contributed by atoms with Crippen LogP contribution >= 0.6 is 11.6 Å². The topological polar surface area (TPSA) is 104 Å². The van der Waals surface area contributed by atoms with E-state index in [1.165, 1.54) is 6.07 Å². The second-order valence-electron chi connectivity index (χ2n) is 11.0. The van der Waals surface area contributed by atoms with Gasteiger partial charge in [0, 0.05) is 41.8 Å². The first-order valence-electron chi connectivity index (χ1n) is 14.6. The zero-order valence-electron chi connectivity index (χ0n) is 25.0. The van der Waals surface area contributed by atoms with Crippen molar-refractivity contribution in [2.75, 3.05) is 18.4 Å². The molecule has 5 aromatic rings. The third-order valence-corrected chi connectivity index (χ3v) is 8.23. The lowest BCUT2D eigenvalue weighted by Crippen LogP contribution is -2.29. The highest BCUT2D eigenvalue weighted by Crippen LogP contribution is 2.24. The Morgan fingerprint density at radius 2 is 2.11 bits per heavy atom. The lowest BCUT2D eigenvalue weighted by molar-refractivity contribution is 0.102. The number of aryl methyl sites for hydroxylation is 2. The minimum Gasteiger partial charge on any atom is -0.330 e. The fourth-order valence-corrected chi connectivity index (χ4v) is 5.57. The van der Waals surface area contributed by atoms with Crippen molar-refractivity contribution in [3.05, 3.63) is 118 Å². The normalized spacial score (nSPS) is 14.4. The van der Waals surface area contributed by atoms with Crippen LogP contribution in [0.15, 0.2) is 89.2 Å². The summed E-state index contributed by atoms with van der Waals surface area (Å²) in [5.74, 6) is 0.374. The fourth-order valence-electron chi connectivity index (χ4n) is 5.41. The summed E-state index contributed by atoms with van der Waals surface area (Å²) in [6.07, 6.45) is 10.7. The van der Waals surface area contributed by atoms with E-state index >= 15 is 0 Å². The third-order valence-electron chi connectivity index (χ3n) is 7.99. The predicted molar refractivity (Wildman–Crippen MR) is 177 cm³/mol. The smallest absolute Gasteiger partial charge is 0.255 e. The minimum absolute atomic E-state index is 0.230. The van der Waals surface area contributed by atoms with Crippen molar-refractivity contribution >= 4 is 52.0 Å². The van der Waals surface area contributed by atoms with Gasteiger partial charge in [-0.2, -0.15) is 5.10 Å². The molecule has 0 bridgehead atoms. The summed E-state index contributed by atoms with van der Waals surface area (Å²) < 4.78 is 16.1. The number of hydrogen-bond acceptors (Lipinski definition) is 6. The molecular formula is C34H32ClFN8O. The van der Waals surface area contributed by atoms with Crippen molar-refractivity contribution in [1.29, 1.82) is 0 Å². The van der Waals surface area contributed by atoms with Gasteiger partial charge in [-0.25, -0.2) is 14.4 Å². The van der Waals surface area contributed by atoms with E-state index < -0.39 is 0 Å². The molecule has 9 nitrogen and oxygen atoms in total. The molecule has 1 aliphatic heterocycles. The Morgan fingerprint density at radius 3 is 2.89 bits per heavy atom. The predicted octanol–water partition coefficient (Wildman–Crippen LogP) is 6.71. The minimum atomic E-state index is -0.313. The number of amides is 1. The number of carbonyl (C=O) groups is 1. The van der Waals surface area contributed by atoms with Crippen LogP contribution in [-0.2, 0) is 20.0 Å². The van der Waals surface area contributed by atoms with Crippen LogP contribution in [0.1, 0.15) is 33.9 Å². The maximum atomic E-state index is 14.0. The van der Waals surface area contributed by atoms with Crippen molar-refractivity contribution in [2.24, 2.45) is 12.0 Å². The van der Waals surface area contributed by atoms with Crippen molar-refractivity contribution < 1.29 is 9.18 Å². The first-order valence-corrected chi connectivity index (χ1v) is 14.9. The summed E-state index contributed by atoms with van der Waals surface area (Å²) >= 11 is 5.84. The average molecular weight is 623 g/mol. The molecule has 0 saturated carbocycles. The molecule has 0 fully saturated rings. The molecule has 0 unspecified atom stereocenters. The van der Waals surface area contributed by atoms with E-state index in [2.05, 4.69) is 47.8 Å². The van der Waals surface area contributed by atoms with Gasteiger partial charge < -0.3 is 9.88 Å². The van der Waals surface area contributed by atoms with Crippen molar-refractivity contribution in [3.8, 4) is 0 Å². The fraction of sp³-hybridized carbons (Fsp3) is 0.206. The highest BCUT2D eigenvalue weighted by Gasteiger charge is 2.18. The van der Waals surface area contributed by atoms with E-state index in [0.717, 1.165) is 58.7 Å². The number of H-pyrrole nitrogens is 1. The number of carbonyl (C=O) groups excluding carboxylic acids is 1. The molecule has 1 amide bonds. The molecule has 0 radical (unpaired) electrons. The lowest BCUT2D eigenvalue weighted by Gasteiger charge is -2.26. The van der Waals surface area contributed by atoms with Crippen LogP contribution in [0, 0.1) is 12.7 Å². The maximum absolute atomic E-state index is 14.0. The van der Waals surface area contributed by atoms with E-state index in [1.807, 2.05) is 56.5 Å². The van der Waals surface area contributed by atoms with Gasteiger partial charge in [0.2, 0.25) is 0 Å². The van der Waals surface area contributed by atoms with Crippen LogP contribution in [0.3, 0.4) is 0 Å². The van der Waals surface area contributed by atoms with Crippen molar-refractivity contribution in [2.45, 2.75) is 26.3 Å². The van der Waals surface area contributed by atoms with Crippen LogP contribution in [0.2, 0.25) is 5.02 Å². The molecule has 0 atom stereocenters. The number of imidazole rings is 1. The molecule has 0 aliphatic carbocycles. The van der Waals surface area contributed by atoms with Crippen LogP contribution in [-0.4, -0.2) is 55.3 Å². The summed E-state index contributed by atoms with van der Waals surface area (Å²) in [6, 6.07) is 12.1. The summed E-state index contributed by atoms with van der Waals surface area (Å²) in [6.45, 7) is 7.91. The van der Waals surface area contributed by atoms with Crippen molar-refractivity contribution in [1.82, 2.24) is 29.6 Å². The second kappa shape index (κ2) is 13.0. The average Bonchev–Trinajstić information content (AvgIpc) is 3.56. The number of rotatable bonds is 9. The zero-order chi connectivity index (χ0) is 31.5. The molecule has 3 aromatic heterocycles. The molecule has 6 rings (SSSR count). The lowest BCUT2D eigenvalue weighted by atomic mass is 10.0. The van der Waals surface area contributed by atoms with Gasteiger partial charge in [0.25, 0.3) is 5.91 Å². The third kappa shape index (κ3) is 6.62. The van der Waals surface area contributed by atoms with Gasteiger partial charge in [-0.05, 0) is 80.1 Å². The number of aromatic amines is 1. The van der Waals surface area contributed by atoms with Gasteiger partial charge in [0.05, 0.1) is 35.2 Å². The molecule has 2 aromatic carbocycles. The Balaban J connectivity index is 1.09. The number of hydrogen-bond donors (Lipinski definition) is 2. The number of nitrogens with zero attached hydrogens (tertiary/aromatic N) is 6. The van der Waals surface area contributed by atoms with Crippen LogP contribution < -0.4 is 5.32 Å². The standard InChI is InChI=1S/C34H32ClFN8O/c1-21-27-18-26(19-38-33(27)42-41-21)39-34(45)24-9-11-31-30(16-24)40-32(43(31)3)20-44-14-12-23(13-15-44)29(37-2)7-5-4-6-22-8-10-25(35)17-28(22)36/h4-5,7-12,16-19H,2,6,13-15,20H2,1,3H3,(H,39,45)(H,38,41,42)/b5-4-,29-7-. The number of pyridine rings is 1. The number of anilines is 1. The Bertz CT molecular complexity index is 2020. The highest BCUT2D eigenvalue weighted by molar-refractivity contribution is 6.30. The number of aliphatic imine (C=N–C) groups is 1. The number of halogens is 2. The number of benzene rings is 2. The number of allylic oxidation sites excluding steroid dienone is 4. The van der Waals surface area contributed by atoms with Gasteiger partial charge in [-0.15, -0.1) is 0 Å². The SMILES string of the molecule is C=N/C(=C\C=C/Cc1ccc(Cl)cc1F)C1=CCN(Cc2nc3cc(C(=O)Nc4cnc5n[nH]c(C)c5c4)ccc3n2C)CC1. The van der Waals surface area contributed by atoms with Crippen LogP contribution in [0.4, 0.5) is 10.1 Å². The Morgan fingerprint density at radius 1 is 1.24 bits per heavy atom. The van der Waals surface area contributed by atoms with E-state index in [0.29, 0.717) is 40.4 Å². The van der Waals surface area contributed by atoms with Crippen LogP contribution in [0.25, 0.3) is 22.1 Å². The van der Waals surface area contributed by atoms with E-state index in [-0.39, 0.29) is 11.7 Å². The van der Waals surface area contributed by atoms with E-state index in [1.54, 1.807) is 18.3 Å². The molecule has 45 heavy (non-hydrogen) atoms. The molecule has 11 heteroatoms. The largest absolute Gasteiger partial charge is 0.330 e. The first kappa shape index (κ1) is 30.1. The number of aromatic nitrogens is 5. The van der Waals surface area contributed by atoms with Gasteiger partial charge in [-0.1, -0.05) is 35.9 Å². The number of fused-ring (bicyclic) bond motifs is 2. The van der Waals surface area contributed by atoms with Gasteiger partial charge >= 0.3 is 0 Å². The molecule has 2 N–H and O–H groups in total. The summed E-state index contributed by atoms with van der Waals surface area (Å²) in [7, 11) is 1.99. The Kier molecular flexibility index (Phi) is 8.68. The first-order chi connectivity index (χ1) is 21.8. The summed E-state index contributed by atoms with van der Waals surface area (Å²) in [5.41, 5.74) is 6.87. The molecule has 228 valence electrons. The van der Waals surface area contributed by atoms with Gasteiger partial charge in [-0.3, -0.25) is 19.8 Å². The van der Waals surface area contributed by atoms with Gasteiger partial charge in [0.15, 0.2) is 5.65 Å². The highest BCUT2D eigenvalue weighted by atomic mass is 35.5. The summed E-state index contributed by atoms with van der Waals surface area (Å²) in [4.78, 5) is 28.8. The van der Waals surface area contributed by atoms with Crippen LogP contribution in [0.5, 0.6) is 0 Å². The maximum Gasteiger partial charge on any atom is 0.255 e. The number of nitrogens with one attached hydrogen (secondary N) is 2. The molecule has 0 spiro atoms. The summed E-state index contributed by atoms with van der Waals surface area (Å²) in [5, 5.41) is 11.2. The monoisotopic (exact) mass is 622 g/mol. The molecule has 4 heterocycles.